The highest BCUT2D eigenvalue weighted by Crippen LogP contribution is 2.27. The van der Waals surface area contributed by atoms with Gasteiger partial charge in [0.1, 0.15) is 10.8 Å². The molecule has 0 aliphatic rings. The molecule has 23 heavy (non-hydrogen) atoms. The first-order chi connectivity index (χ1) is 11.2. The Labute approximate surface area is 138 Å². The lowest BCUT2D eigenvalue weighted by Crippen LogP contribution is -1.97. The number of anilines is 3. The van der Waals surface area contributed by atoms with Crippen LogP contribution >= 0.6 is 11.8 Å². The van der Waals surface area contributed by atoms with Crippen molar-refractivity contribution in [3.63, 3.8) is 0 Å². The zero-order valence-corrected chi connectivity index (χ0v) is 13.4. The molecule has 0 fully saturated rings. The number of nitrogens with zero attached hydrogens (tertiary/aromatic N) is 2. The summed E-state index contributed by atoms with van der Waals surface area (Å²) in [5, 5.41) is 4.04. The molecule has 6 heteroatoms. The Kier molecular flexibility index (Phi) is 4.63. The first-order valence-corrected chi connectivity index (χ1v) is 7.82. The molecule has 3 aromatic rings. The Balaban J connectivity index is 1.72. The van der Waals surface area contributed by atoms with Crippen LogP contribution in [-0.4, -0.2) is 17.1 Å². The van der Waals surface area contributed by atoms with Gasteiger partial charge in [-0.15, -0.1) is 0 Å². The minimum absolute atomic E-state index is 0.551. The molecule has 116 valence electrons. The highest BCUT2D eigenvalue weighted by molar-refractivity contribution is 7.99. The van der Waals surface area contributed by atoms with Gasteiger partial charge in [-0.25, -0.2) is 9.97 Å². The van der Waals surface area contributed by atoms with Gasteiger partial charge in [0.15, 0.2) is 0 Å². The summed E-state index contributed by atoms with van der Waals surface area (Å²) in [6, 6.07) is 17.2. The van der Waals surface area contributed by atoms with Gasteiger partial charge in [0, 0.05) is 22.5 Å². The number of nitrogen functional groups attached to an aromatic ring is 1. The molecule has 0 aliphatic carbocycles. The SMILES string of the molecule is COc1ccc(Nc2nccc(Sc3ccc(N)cc3)n2)cc1. The molecule has 3 rings (SSSR count). The van der Waals surface area contributed by atoms with Crippen LogP contribution in [0.3, 0.4) is 0 Å². The summed E-state index contributed by atoms with van der Waals surface area (Å²) in [5.41, 5.74) is 7.35. The summed E-state index contributed by atoms with van der Waals surface area (Å²) in [6.07, 6.45) is 1.73. The van der Waals surface area contributed by atoms with Crippen LogP contribution in [0.5, 0.6) is 5.75 Å². The van der Waals surface area contributed by atoms with Crippen molar-refractivity contribution in [2.24, 2.45) is 0 Å². The molecule has 0 saturated heterocycles. The molecule has 0 amide bonds. The average molecular weight is 324 g/mol. The third-order valence-corrected chi connectivity index (χ3v) is 4.02. The number of nitrogens with one attached hydrogen (secondary N) is 1. The minimum atomic E-state index is 0.551. The van der Waals surface area contributed by atoms with Gasteiger partial charge >= 0.3 is 0 Å². The lowest BCUT2D eigenvalue weighted by molar-refractivity contribution is 0.415. The van der Waals surface area contributed by atoms with E-state index in [1.54, 1.807) is 25.1 Å². The molecule has 5 nitrogen and oxygen atoms in total. The van der Waals surface area contributed by atoms with Crippen LogP contribution in [0.1, 0.15) is 0 Å². The van der Waals surface area contributed by atoms with Crippen LogP contribution in [0.2, 0.25) is 0 Å². The quantitative estimate of drug-likeness (QED) is 0.546. The second-order valence-electron chi connectivity index (χ2n) is 4.74. The van der Waals surface area contributed by atoms with Crippen molar-refractivity contribution < 1.29 is 4.74 Å². The first-order valence-electron chi connectivity index (χ1n) is 7.00. The monoisotopic (exact) mass is 324 g/mol. The van der Waals surface area contributed by atoms with Gasteiger partial charge in [0.2, 0.25) is 5.95 Å². The summed E-state index contributed by atoms with van der Waals surface area (Å²) >= 11 is 1.56. The summed E-state index contributed by atoms with van der Waals surface area (Å²) in [5.74, 6) is 1.36. The molecule has 0 spiro atoms. The number of hydrogen-bond donors (Lipinski definition) is 2. The van der Waals surface area contributed by atoms with E-state index >= 15 is 0 Å². The van der Waals surface area contributed by atoms with Crippen molar-refractivity contribution in [2.45, 2.75) is 9.92 Å². The van der Waals surface area contributed by atoms with Gasteiger partial charge in [0.05, 0.1) is 7.11 Å². The van der Waals surface area contributed by atoms with Gasteiger partial charge < -0.3 is 15.8 Å². The van der Waals surface area contributed by atoms with Crippen molar-refractivity contribution in [1.29, 1.82) is 0 Å². The van der Waals surface area contributed by atoms with E-state index in [2.05, 4.69) is 15.3 Å². The predicted octanol–water partition coefficient (Wildman–Crippen LogP) is 3.96. The van der Waals surface area contributed by atoms with Gasteiger partial charge in [-0.05, 0) is 54.6 Å². The van der Waals surface area contributed by atoms with Crippen LogP contribution < -0.4 is 15.8 Å². The maximum Gasteiger partial charge on any atom is 0.228 e. The predicted molar refractivity (Wildman–Crippen MR) is 93.3 cm³/mol. The Morgan fingerprint density at radius 2 is 1.74 bits per heavy atom. The van der Waals surface area contributed by atoms with E-state index in [0.717, 1.165) is 27.0 Å². The largest absolute Gasteiger partial charge is 0.497 e. The van der Waals surface area contributed by atoms with E-state index in [0.29, 0.717) is 5.95 Å². The van der Waals surface area contributed by atoms with Gasteiger partial charge in [-0.3, -0.25) is 0 Å². The summed E-state index contributed by atoms with van der Waals surface area (Å²) in [6.45, 7) is 0. The third-order valence-electron chi connectivity index (χ3n) is 3.08. The minimum Gasteiger partial charge on any atom is -0.497 e. The smallest absolute Gasteiger partial charge is 0.228 e. The zero-order valence-electron chi connectivity index (χ0n) is 12.6. The lowest BCUT2D eigenvalue weighted by Gasteiger charge is -2.07. The molecule has 0 radical (unpaired) electrons. The molecule has 2 aromatic carbocycles. The Hall–Kier alpha value is -2.73. The normalized spacial score (nSPS) is 10.3. The fourth-order valence-corrected chi connectivity index (χ4v) is 2.69. The molecule has 1 heterocycles. The molecule has 0 bridgehead atoms. The van der Waals surface area contributed by atoms with Crippen molar-refractivity contribution in [1.82, 2.24) is 9.97 Å². The highest BCUT2D eigenvalue weighted by Gasteiger charge is 2.03. The van der Waals surface area contributed by atoms with Crippen molar-refractivity contribution in [3.05, 3.63) is 60.8 Å². The number of hydrogen-bond acceptors (Lipinski definition) is 6. The maximum absolute atomic E-state index is 5.70. The second-order valence-corrected chi connectivity index (χ2v) is 5.84. The van der Waals surface area contributed by atoms with Crippen LogP contribution in [0.25, 0.3) is 0 Å². The summed E-state index contributed by atoms with van der Waals surface area (Å²) in [4.78, 5) is 9.83. The number of rotatable bonds is 5. The van der Waals surface area contributed by atoms with Crippen molar-refractivity contribution in [2.75, 3.05) is 18.2 Å². The van der Waals surface area contributed by atoms with E-state index < -0.39 is 0 Å². The van der Waals surface area contributed by atoms with Gasteiger partial charge in [-0.1, -0.05) is 11.8 Å². The highest BCUT2D eigenvalue weighted by atomic mass is 32.2. The van der Waals surface area contributed by atoms with Crippen LogP contribution in [0.4, 0.5) is 17.3 Å². The number of benzene rings is 2. The second kappa shape index (κ2) is 7.02. The molecular weight excluding hydrogens is 308 g/mol. The first kappa shape index (κ1) is 15.2. The number of ether oxygens (including phenoxy) is 1. The van der Waals surface area contributed by atoms with E-state index in [9.17, 15) is 0 Å². The Morgan fingerprint density at radius 3 is 2.43 bits per heavy atom. The standard InChI is InChI=1S/C17H16N4OS/c1-22-14-6-4-13(5-7-14)20-17-19-11-10-16(21-17)23-15-8-2-12(18)3-9-15/h2-11H,18H2,1H3,(H,19,20,21). The van der Waals surface area contributed by atoms with Crippen LogP contribution in [0, 0.1) is 0 Å². The van der Waals surface area contributed by atoms with E-state index in [1.165, 1.54) is 0 Å². The van der Waals surface area contributed by atoms with E-state index in [4.69, 9.17) is 10.5 Å². The van der Waals surface area contributed by atoms with E-state index in [-0.39, 0.29) is 0 Å². The van der Waals surface area contributed by atoms with E-state index in [1.807, 2.05) is 54.6 Å². The average Bonchev–Trinajstić information content (AvgIpc) is 2.58. The van der Waals surface area contributed by atoms with Crippen LogP contribution in [0.15, 0.2) is 70.7 Å². The molecule has 0 atom stereocenters. The van der Waals surface area contributed by atoms with Gasteiger partial charge in [0.25, 0.3) is 0 Å². The fourth-order valence-electron chi connectivity index (χ4n) is 1.92. The number of aromatic nitrogens is 2. The fraction of sp³-hybridized carbons (Fsp3) is 0.0588. The Bertz CT molecular complexity index is 775. The van der Waals surface area contributed by atoms with Crippen LogP contribution in [-0.2, 0) is 0 Å². The molecule has 0 saturated carbocycles. The molecule has 1 aromatic heterocycles. The zero-order chi connectivity index (χ0) is 16.1. The lowest BCUT2D eigenvalue weighted by atomic mass is 10.3. The molecule has 3 N–H and O–H groups in total. The van der Waals surface area contributed by atoms with Crippen molar-refractivity contribution >= 4 is 29.1 Å². The molecule has 0 unspecified atom stereocenters. The Morgan fingerprint density at radius 1 is 1.00 bits per heavy atom. The summed E-state index contributed by atoms with van der Waals surface area (Å²) in [7, 11) is 1.64. The van der Waals surface area contributed by atoms with Crippen molar-refractivity contribution in [3.8, 4) is 5.75 Å². The maximum atomic E-state index is 5.70. The summed E-state index contributed by atoms with van der Waals surface area (Å²) < 4.78 is 5.14. The molecular formula is C17H16N4OS. The third kappa shape index (κ3) is 4.14. The topological polar surface area (TPSA) is 73.1 Å². The molecule has 0 aliphatic heterocycles. The number of methoxy groups -OCH3 is 1. The van der Waals surface area contributed by atoms with Gasteiger partial charge in [-0.2, -0.15) is 0 Å². The number of nitrogens with two attached hydrogens (primary N) is 1.